The Labute approximate surface area is 89.4 Å². The van der Waals surface area contributed by atoms with Crippen molar-refractivity contribution in [3.05, 3.63) is 31.8 Å². The molecule has 1 aromatic carbocycles. The normalized spacial score (nSPS) is 11.8. The van der Waals surface area contributed by atoms with E-state index in [9.17, 15) is 13.2 Å². The molecule has 0 aliphatic heterocycles. The summed E-state index contributed by atoms with van der Waals surface area (Å²) in [7, 11) is 0. The van der Waals surface area contributed by atoms with Crippen LogP contribution in [0.15, 0.2) is 22.7 Å². The molecular formula is C7H3BrF3I. The fourth-order valence-electron chi connectivity index (χ4n) is 0.719. The molecule has 0 aromatic heterocycles. The van der Waals surface area contributed by atoms with Gasteiger partial charge in [0.05, 0.1) is 5.56 Å². The van der Waals surface area contributed by atoms with Gasteiger partial charge in [-0.15, -0.1) is 0 Å². The van der Waals surface area contributed by atoms with E-state index in [0.29, 0.717) is 0 Å². The van der Waals surface area contributed by atoms with Crippen LogP contribution < -0.4 is 0 Å². The van der Waals surface area contributed by atoms with E-state index in [2.05, 4.69) is 15.9 Å². The van der Waals surface area contributed by atoms with Gasteiger partial charge in [-0.05, 0) is 40.8 Å². The summed E-state index contributed by atoms with van der Waals surface area (Å²) in [6, 6.07) is 3.92. The van der Waals surface area contributed by atoms with Gasteiger partial charge in [-0.2, -0.15) is 13.2 Å². The van der Waals surface area contributed by atoms with Crippen LogP contribution in [0.4, 0.5) is 13.2 Å². The van der Waals surface area contributed by atoms with Crippen molar-refractivity contribution in [2.24, 2.45) is 0 Å². The molecule has 0 radical (unpaired) electrons. The Hall–Kier alpha value is 0.220. The number of hydrogen-bond acceptors (Lipinski definition) is 0. The van der Waals surface area contributed by atoms with Gasteiger partial charge in [0.25, 0.3) is 0 Å². The summed E-state index contributed by atoms with van der Waals surface area (Å²) in [6.45, 7) is 0. The standard InChI is InChI=1S/C7H3BrF3I/c8-6-3-4(12)1-2-5(6)7(9,10)11/h1-3H. The molecule has 0 nitrogen and oxygen atoms in total. The molecule has 0 aliphatic rings. The highest BCUT2D eigenvalue weighted by Crippen LogP contribution is 2.35. The quantitative estimate of drug-likeness (QED) is 0.619. The molecule has 1 aromatic rings. The number of hydrogen-bond donors (Lipinski definition) is 0. The van der Waals surface area contributed by atoms with Crippen LogP contribution in [-0.2, 0) is 6.18 Å². The second-order valence-electron chi connectivity index (χ2n) is 2.12. The topological polar surface area (TPSA) is 0 Å². The maximum atomic E-state index is 12.1. The summed E-state index contributed by atoms with van der Waals surface area (Å²) in [4.78, 5) is 0. The van der Waals surface area contributed by atoms with Gasteiger partial charge < -0.3 is 0 Å². The molecule has 0 atom stereocenters. The van der Waals surface area contributed by atoms with Gasteiger partial charge in [-0.3, -0.25) is 0 Å². The van der Waals surface area contributed by atoms with Crippen LogP contribution >= 0.6 is 38.5 Å². The number of halogens is 5. The lowest BCUT2D eigenvalue weighted by molar-refractivity contribution is -0.138. The van der Waals surface area contributed by atoms with Gasteiger partial charge in [-0.25, -0.2) is 0 Å². The zero-order valence-electron chi connectivity index (χ0n) is 5.62. The Morgan fingerprint density at radius 1 is 1.25 bits per heavy atom. The van der Waals surface area contributed by atoms with E-state index in [0.717, 1.165) is 9.64 Å². The van der Waals surface area contributed by atoms with Crippen LogP contribution in [0, 0.1) is 3.57 Å². The summed E-state index contributed by atoms with van der Waals surface area (Å²) < 4.78 is 37.3. The van der Waals surface area contributed by atoms with Gasteiger partial charge in [0.2, 0.25) is 0 Å². The van der Waals surface area contributed by atoms with Crippen molar-refractivity contribution in [1.82, 2.24) is 0 Å². The average Bonchev–Trinajstić information content (AvgIpc) is 1.83. The first kappa shape index (κ1) is 10.3. The van der Waals surface area contributed by atoms with Crippen molar-refractivity contribution < 1.29 is 13.2 Å². The number of alkyl halides is 3. The first-order chi connectivity index (χ1) is 5.41. The molecule has 1 rings (SSSR count). The van der Waals surface area contributed by atoms with Gasteiger partial charge in [0.15, 0.2) is 0 Å². The smallest absolute Gasteiger partial charge is 0.166 e. The lowest BCUT2D eigenvalue weighted by Crippen LogP contribution is -2.05. The van der Waals surface area contributed by atoms with Crippen LogP contribution in [0.3, 0.4) is 0 Å². The predicted molar refractivity (Wildman–Crippen MR) is 51.9 cm³/mol. The zero-order valence-corrected chi connectivity index (χ0v) is 9.37. The molecule has 5 heteroatoms. The molecule has 0 saturated carbocycles. The lowest BCUT2D eigenvalue weighted by atomic mass is 10.2. The third-order valence-corrected chi connectivity index (χ3v) is 2.56. The number of benzene rings is 1. The van der Waals surface area contributed by atoms with E-state index in [1.807, 2.05) is 22.6 Å². The van der Waals surface area contributed by atoms with Crippen molar-refractivity contribution >= 4 is 38.5 Å². The fraction of sp³-hybridized carbons (Fsp3) is 0.143. The van der Waals surface area contributed by atoms with E-state index < -0.39 is 11.7 Å². The third-order valence-electron chi connectivity index (χ3n) is 1.24. The van der Waals surface area contributed by atoms with Crippen LogP contribution in [0.25, 0.3) is 0 Å². The minimum Gasteiger partial charge on any atom is -0.166 e. The molecule has 66 valence electrons. The van der Waals surface area contributed by atoms with Gasteiger partial charge in [-0.1, -0.05) is 15.9 Å². The molecule has 0 amide bonds. The molecule has 0 spiro atoms. The maximum Gasteiger partial charge on any atom is 0.417 e. The summed E-state index contributed by atoms with van der Waals surface area (Å²) in [5.74, 6) is 0. The second kappa shape index (κ2) is 3.53. The molecule has 0 bridgehead atoms. The van der Waals surface area contributed by atoms with Crippen LogP contribution in [0.2, 0.25) is 0 Å². The zero-order chi connectivity index (χ0) is 9.35. The minimum atomic E-state index is -4.27. The van der Waals surface area contributed by atoms with Crippen molar-refractivity contribution in [3.8, 4) is 0 Å². The predicted octanol–water partition coefficient (Wildman–Crippen LogP) is 4.07. The molecular weight excluding hydrogens is 348 g/mol. The van der Waals surface area contributed by atoms with Gasteiger partial charge >= 0.3 is 6.18 Å². The molecule has 0 saturated heterocycles. The van der Waals surface area contributed by atoms with Crippen molar-refractivity contribution in [2.45, 2.75) is 6.18 Å². The molecule has 0 N–H and O–H groups in total. The minimum absolute atomic E-state index is 0.0851. The highest BCUT2D eigenvalue weighted by molar-refractivity contribution is 14.1. The van der Waals surface area contributed by atoms with Gasteiger partial charge in [0, 0.05) is 8.04 Å². The Morgan fingerprint density at radius 3 is 2.25 bits per heavy atom. The summed E-state index contributed by atoms with van der Waals surface area (Å²) in [5.41, 5.74) is -0.636. The van der Waals surface area contributed by atoms with Crippen LogP contribution in [0.1, 0.15) is 5.56 Å². The maximum absolute atomic E-state index is 12.1. The Morgan fingerprint density at radius 2 is 1.83 bits per heavy atom. The first-order valence-corrected chi connectivity index (χ1v) is 4.80. The largest absolute Gasteiger partial charge is 0.417 e. The molecule has 0 unspecified atom stereocenters. The lowest BCUT2D eigenvalue weighted by Gasteiger charge is -2.08. The fourth-order valence-corrected chi connectivity index (χ4v) is 2.24. The number of rotatable bonds is 0. The van der Waals surface area contributed by atoms with Crippen molar-refractivity contribution in [2.75, 3.05) is 0 Å². The highest BCUT2D eigenvalue weighted by Gasteiger charge is 2.32. The Kier molecular flexibility index (Phi) is 3.03. The molecule has 0 heterocycles. The van der Waals surface area contributed by atoms with Crippen LogP contribution in [-0.4, -0.2) is 0 Å². The molecule has 0 fully saturated rings. The van der Waals surface area contributed by atoms with Crippen LogP contribution in [0.5, 0.6) is 0 Å². The molecule has 0 aliphatic carbocycles. The second-order valence-corrected chi connectivity index (χ2v) is 4.22. The summed E-state index contributed by atoms with van der Waals surface area (Å²) in [6.07, 6.45) is -4.27. The van der Waals surface area contributed by atoms with E-state index in [1.165, 1.54) is 12.1 Å². The van der Waals surface area contributed by atoms with E-state index >= 15 is 0 Å². The van der Waals surface area contributed by atoms with E-state index in [-0.39, 0.29) is 4.47 Å². The summed E-state index contributed by atoms with van der Waals surface area (Å²) in [5, 5.41) is 0. The third kappa shape index (κ3) is 2.35. The van der Waals surface area contributed by atoms with Gasteiger partial charge in [0.1, 0.15) is 0 Å². The average molecular weight is 351 g/mol. The summed E-state index contributed by atoms with van der Waals surface area (Å²) >= 11 is 4.81. The van der Waals surface area contributed by atoms with E-state index in [1.54, 1.807) is 0 Å². The molecule has 12 heavy (non-hydrogen) atoms. The highest BCUT2D eigenvalue weighted by atomic mass is 127. The Balaban J connectivity index is 3.19. The first-order valence-electron chi connectivity index (χ1n) is 2.93. The van der Waals surface area contributed by atoms with E-state index in [4.69, 9.17) is 0 Å². The monoisotopic (exact) mass is 350 g/mol. The van der Waals surface area contributed by atoms with Crippen molar-refractivity contribution in [3.63, 3.8) is 0 Å². The SMILES string of the molecule is FC(F)(F)c1ccc(I)cc1Br. The van der Waals surface area contributed by atoms with Crippen molar-refractivity contribution in [1.29, 1.82) is 0 Å². The Bertz CT molecular complexity index is 295.